The number of rotatable bonds is 5. The third kappa shape index (κ3) is 4.40. The van der Waals surface area contributed by atoms with Gasteiger partial charge in [-0.2, -0.15) is 4.68 Å². The zero-order valence-corrected chi connectivity index (χ0v) is 16.5. The highest BCUT2D eigenvalue weighted by Crippen LogP contribution is 2.19. The van der Waals surface area contributed by atoms with Crippen LogP contribution in [0.4, 0.5) is 5.69 Å². The molecule has 0 saturated carbocycles. The second-order valence-electron chi connectivity index (χ2n) is 6.42. The van der Waals surface area contributed by atoms with Crippen molar-refractivity contribution >= 4 is 23.2 Å². The molecule has 0 spiro atoms. The third-order valence-corrected chi connectivity index (χ3v) is 4.48. The van der Waals surface area contributed by atoms with E-state index in [0.29, 0.717) is 10.7 Å². The van der Waals surface area contributed by atoms with Crippen molar-refractivity contribution in [1.82, 2.24) is 9.78 Å². The molecule has 0 aliphatic heterocycles. The molecular weight excluding hydrogens is 378 g/mol. The van der Waals surface area contributed by atoms with Crippen molar-refractivity contribution in [2.45, 2.75) is 26.9 Å². The number of ether oxygens (including phenoxy) is 1. The first-order valence-electron chi connectivity index (χ1n) is 8.75. The van der Waals surface area contributed by atoms with Crippen molar-refractivity contribution in [2.24, 2.45) is 0 Å². The van der Waals surface area contributed by atoms with E-state index in [-0.39, 0.29) is 17.3 Å². The molecule has 1 aromatic heterocycles. The first kappa shape index (κ1) is 19.6. The fourth-order valence-corrected chi connectivity index (χ4v) is 2.79. The fourth-order valence-electron chi connectivity index (χ4n) is 2.62. The first-order valence-corrected chi connectivity index (χ1v) is 9.13. The summed E-state index contributed by atoms with van der Waals surface area (Å²) >= 11 is 6.05. The monoisotopic (exact) mass is 397 g/mol. The van der Waals surface area contributed by atoms with Crippen LogP contribution in [0.5, 0.6) is 5.88 Å². The summed E-state index contributed by atoms with van der Waals surface area (Å²) in [4.78, 5) is 24.7. The molecule has 1 amide bonds. The molecule has 7 heteroatoms. The average molecular weight is 398 g/mol. The lowest BCUT2D eigenvalue weighted by molar-refractivity contribution is -0.122. The standard InChI is InChI=1S/C21H20ClN3O3/c1-13-6-4-5-7-17(13)23-21(27)15(3)28-19-10-11-20(26)25(24-19)18-12-16(22)9-8-14(18)2/h4-12,15H,1-3H3,(H,23,27)/t15-/m1/s1. The first-order chi connectivity index (χ1) is 13.3. The van der Waals surface area contributed by atoms with E-state index in [9.17, 15) is 9.59 Å². The quantitative estimate of drug-likeness (QED) is 0.708. The normalized spacial score (nSPS) is 11.7. The number of halogens is 1. The number of anilines is 1. The molecule has 144 valence electrons. The van der Waals surface area contributed by atoms with Crippen LogP contribution in [0.15, 0.2) is 59.4 Å². The van der Waals surface area contributed by atoms with Gasteiger partial charge in [0.15, 0.2) is 6.10 Å². The maximum absolute atomic E-state index is 12.4. The van der Waals surface area contributed by atoms with Crippen LogP contribution in [0.2, 0.25) is 5.02 Å². The number of benzene rings is 2. The van der Waals surface area contributed by atoms with Crippen LogP contribution in [0.3, 0.4) is 0 Å². The van der Waals surface area contributed by atoms with Gasteiger partial charge in [-0.3, -0.25) is 9.59 Å². The molecule has 3 rings (SSSR count). The SMILES string of the molecule is Cc1ccccc1NC(=O)[C@@H](C)Oc1ccc(=O)n(-c2cc(Cl)ccc2C)n1. The zero-order valence-electron chi connectivity index (χ0n) is 15.8. The van der Waals surface area contributed by atoms with Crippen molar-refractivity contribution in [2.75, 3.05) is 5.32 Å². The van der Waals surface area contributed by atoms with Gasteiger partial charge >= 0.3 is 0 Å². The zero-order chi connectivity index (χ0) is 20.3. The van der Waals surface area contributed by atoms with Gasteiger partial charge in [-0.15, -0.1) is 5.10 Å². The summed E-state index contributed by atoms with van der Waals surface area (Å²) in [6.07, 6.45) is -0.807. The minimum Gasteiger partial charge on any atom is -0.463 e. The van der Waals surface area contributed by atoms with Crippen LogP contribution in [-0.4, -0.2) is 21.8 Å². The molecule has 0 radical (unpaired) electrons. The van der Waals surface area contributed by atoms with Crippen LogP contribution in [0, 0.1) is 13.8 Å². The van der Waals surface area contributed by atoms with Crippen LogP contribution < -0.4 is 15.6 Å². The molecule has 0 saturated heterocycles. The van der Waals surface area contributed by atoms with Crippen molar-refractivity contribution < 1.29 is 9.53 Å². The van der Waals surface area contributed by atoms with E-state index in [0.717, 1.165) is 16.8 Å². The van der Waals surface area contributed by atoms with Gasteiger partial charge in [0.2, 0.25) is 5.88 Å². The van der Waals surface area contributed by atoms with Crippen LogP contribution in [-0.2, 0) is 4.79 Å². The van der Waals surface area contributed by atoms with E-state index < -0.39 is 6.10 Å². The van der Waals surface area contributed by atoms with Crippen LogP contribution in [0.25, 0.3) is 5.69 Å². The van der Waals surface area contributed by atoms with Crippen molar-refractivity contribution in [3.8, 4) is 11.6 Å². The second-order valence-corrected chi connectivity index (χ2v) is 6.85. The summed E-state index contributed by atoms with van der Waals surface area (Å²) in [5.74, 6) is -0.154. The van der Waals surface area contributed by atoms with Gasteiger partial charge in [0.1, 0.15) is 0 Å². The Bertz CT molecular complexity index is 1080. The Morgan fingerprint density at radius 1 is 1.11 bits per heavy atom. The molecule has 1 atom stereocenters. The topological polar surface area (TPSA) is 73.2 Å². The Hall–Kier alpha value is -3.12. The largest absolute Gasteiger partial charge is 0.463 e. The number of hydrogen-bond donors (Lipinski definition) is 1. The van der Waals surface area contributed by atoms with E-state index in [1.54, 1.807) is 25.1 Å². The third-order valence-electron chi connectivity index (χ3n) is 4.24. The van der Waals surface area contributed by atoms with Crippen molar-refractivity contribution in [1.29, 1.82) is 0 Å². The van der Waals surface area contributed by atoms with Gasteiger partial charge < -0.3 is 10.1 Å². The predicted molar refractivity (Wildman–Crippen MR) is 109 cm³/mol. The summed E-state index contributed by atoms with van der Waals surface area (Å²) in [7, 11) is 0. The maximum Gasteiger partial charge on any atom is 0.271 e. The van der Waals surface area contributed by atoms with Gasteiger partial charge in [0.05, 0.1) is 5.69 Å². The molecule has 0 bridgehead atoms. The van der Waals surface area contributed by atoms with Crippen LogP contribution >= 0.6 is 11.6 Å². The molecule has 2 aromatic carbocycles. The van der Waals surface area contributed by atoms with E-state index in [1.807, 2.05) is 38.1 Å². The molecule has 1 heterocycles. The number of nitrogens with zero attached hydrogens (tertiary/aromatic N) is 2. The average Bonchev–Trinajstić information content (AvgIpc) is 2.67. The molecule has 0 fully saturated rings. The van der Waals surface area contributed by atoms with Crippen LogP contribution in [0.1, 0.15) is 18.1 Å². The van der Waals surface area contributed by atoms with Gasteiger partial charge in [0, 0.05) is 22.8 Å². The van der Waals surface area contributed by atoms with Crippen molar-refractivity contribution in [3.63, 3.8) is 0 Å². The molecule has 0 aliphatic rings. The summed E-state index contributed by atoms with van der Waals surface area (Å²) < 4.78 is 6.87. The summed E-state index contributed by atoms with van der Waals surface area (Å²) in [6, 6.07) is 15.5. The highest BCUT2D eigenvalue weighted by atomic mass is 35.5. The summed E-state index contributed by atoms with van der Waals surface area (Å²) in [5, 5.41) is 7.55. The van der Waals surface area contributed by atoms with E-state index in [4.69, 9.17) is 16.3 Å². The number of para-hydroxylation sites is 1. The highest BCUT2D eigenvalue weighted by molar-refractivity contribution is 6.30. The number of hydrogen-bond acceptors (Lipinski definition) is 4. The lowest BCUT2D eigenvalue weighted by Gasteiger charge is -2.16. The van der Waals surface area contributed by atoms with E-state index in [2.05, 4.69) is 10.4 Å². The molecule has 3 aromatic rings. The van der Waals surface area contributed by atoms with Gasteiger partial charge in [-0.25, -0.2) is 0 Å². The Labute approximate surface area is 167 Å². The number of amides is 1. The molecule has 0 aliphatic carbocycles. The van der Waals surface area contributed by atoms with Gasteiger partial charge in [-0.1, -0.05) is 35.9 Å². The Balaban J connectivity index is 1.81. The lowest BCUT2D eigenvalue weighted by atomic mass is 10.2. The fraction of sp³-hybridized carbons (Fsp3) is 0.190. The predicted octanol–water partition coefficient (Wildman–Crippen LogP) is 3.91. The summed E-state index contributed by atoms with van der Waals surface area (Å²) in [5.41, 5.74) is 2.73. The molecule has 1 N–H and O–H groups in total. The van der Waals surface area contributed by atoms with E-state index >= 15 is 0 Å². The van der Waals surface area contributed by atoms with Gasteiger partial charge in [-0.05, 0) is 50.1 Å². The molecule has 28 heavy (non-hydrogen) atoms. The summed E-state index contributed by atoms with van der Waals surface area (Å²) in [6.45, 7) is 5.38. The number of aromatic nitrogens is 2. The highest BCUT2D eigenvalue weighted by Gasteiger charge is 2.17. The lowest BCUT2D eigenvalue weighted by Crippen LogP contribution is -2.31. The Morgan fingerprint density at radius 2 is 1.86 bits per heavy atom. The van der Waals surface area contributed by atoms with Crippen molar-refractivity contribution in [3.05, 3.63) is 81.1 Å². The van der Waals surface area contributed by atoms with Gasteiger partial charge in [0.25, 0.3) is 11.5 Å². The molecule has 6 nitrogen and oxygen atoms in total. The second kappa shape index (κ2) is 8.27. The Kier molecular flexibility index (Phi) is 5.80. The number of aryl methyl sites for hydroxylation is 2. The molecular formula is C21H20ClN3O3. The minimum absolute atomic E-state index is 0.159. The smallest absolute Gasteiger partial charge is 0.271 e. The minimum atomic E-state index is -0.807. The number of nitrogens with one attached hydrogen (secondary N) is 1. The van der Waals surface area contributed by atoms with E-state index in [1.165, 1.54) is 16.8 Å². The number of carbonyl (C=O) groups excluding carboxylic acids is 1. The number of carbonyl (C=O) groups is 1. The Morgan fingerprint density at radius 3 is 2.61 bits per heavy atom. The molecule has 0 unspecified atom stereocenters. The maximum atomic E-state index is 12.4.